The van der Waals surface area contributed by atoms with Crippen LogP contribution in [-0.4, -0.2) is 25.0 Å². The largest absolute Gasteiger partial charge is 0.484 e. The summed E-state index contributed by atoms with van der Waals surface area (Å²) in [4.78, 5) is 23.2. The number of aryl methyl sites for hydroxylation is 1. The molecule has 7 heteroatoms. The molecule has 2 aromatic carbocycles. The molecule has 0 saturated heterocycles. The number of hydrogen-bond donors (Lipinski definition) is 2. The number of amides is 2. The Morgan fingerprint density at radius 1 is 0.917 bits per heavy atom. The second-order valence-electron chi connectivity index (χ2n) is 4.94. The molecule has 0 bridgehead atoms. The molecule has 0 saturated carbocycles. The standard InChI is InChI=1S/C17H17IN2O4/c1-12-3-2-4-15(9-12)24-11-17(22)20-19-16(21)10-23-14-7-5-13(18)6-8-14/h2-9H,10-11H2,1H3,(H,19,21)(H,20,22). The maximum Gasteiger partial charge on any atom is 0.276 e. The van der Waals surface area contributed by atoms with Crippen LogP contribution in [0.2, 0.25) is 0 Å². The third kappa shape index (κ3) is 6.45. The van der Waals surface area contributed by atoms with E-state index in [-0.39, 0.29) is 13.2 Å². The number of carbonyl (C=O) groups is 2. The van der Waals surface area contributed by atoms with E-state index in [9.17, 15) is 9.59 Å². The van der Waals surface area contributed by atoms with Crippen LogP contribution in [0, 0.1) is 10.5 Å². The van der Waals surface area contributed by atoms with Crippen LogP contribution < -0.4 is 20.3 Å². The number of halogens is 1. The minimum Gasteiger partial charge on any atom is -0.484 e. The molecular weight excluding hydrogens is 423 g/mol. The Labute approximate surface area is 153 Å². The molecule has 0 aliphatic rings. The van der Waals surface area contributed by atoms with Gasteiger partial charge in [-0.3, -0.25) is 20.4 Å². The number of hydrogen-bond acceptors (Lipinski definition) is 4. The van der Waals surface area contributed by atoms with Crippen molar-refractivity contribution < 1.29 is 19.1 Å². The van der Waals surface area contributed by atoms with Gasteiger partial charge in [-0.05, 0) is 71.5 Å². The highest BCUT2D eigenvalue weighted by Crippen LogP contribution is 2.13. The average Bonchev–Trinajstić information content (AvgIpc) is 2.57. The van der Waals surface area contributed by atoms with Crippen LogP contribution in [0.1, 0.15) is 5.56 Å². The predicted octanol–water partition coefficient (Wildman–Crippen LogP) is 2.20. The molecule has 2 rings (SSSR count). The molecule has 2 N–H and O–H groups in total. The van der Waals surface area contributed by atoms with E-state index in [0.717, 1.165) is 9.13 Å². The SMILES string of the molecule is Cc1cccc(OCC(=O)NNC(=O)COc2ccc(I)cc2)c1. The number of ether oxygens (including phenoxy) is 2. The molecule has 126 valence electrons. The van der Waals surface area contributed by atoms with Crippen LogP contribution in [0.15, 0.2) is 48.5 Å². The summed E-state index contributed by atoms with van der Waals surface area (Å²) in [5.74, 6) is 0.259. The molecule has 0 aromatic heterocycles. The summed E-state index contributed by atoms with van der Waals surface area (Å²) in [6.07, 6.45) is 0. The highest BCUT2D eigenvalue weighted by molar-refractivity contribution is 14.1. The van der Waals surface area contributed by atoms with Gasteiger partial charge in [-0.1, -0.05) is 12.1 Å². The fraction of sp³-hybridized carbons (Fsp3) is 0.176. The first-order valence-corrected chi connectivity index (χ1v) is 8.26. The summed E-state index contributed by atoms with van der Waals surface area (Å²) < 4.78 is 11.7. The van der Waals surface area contributed by atoms with E-state index in [0.29, 0.717) is 11.5 Å². The summed E-state index contributed by atoms with van der Waals surface area (Å²) in [7, 11) is 0. The van der Waals surface area contributed by atoms with Gasteiger partial charge in [0.2, 0.25) is 0 Å². The summed E-state index contributed by atoms with van der Waals surface area (Å²) in [6, 6.07) is 14.6. The minimum absolute atomic E-state index is 0.193. The molecule has 0 radical (unpaired) electrons. The number of nitrogens with one attached hydrogen (secondary N) is 2. The van der Waals surface area contributed by atoms with Gasteiger partial charge in [-0.15, -0.1) is 0 Å². The zero-order valence-electron chi connectivity index (χ0n) is 13.0. The second-order valence-corrected chi connectivity index (χ2v) is 6.19. The summed E-state index contributed by atoms with van der Waals surface area (Å²) in [6.45, 7) is 1.54. The van der Waals surface area contributed by atoms with Crippen molar-refractivity contribution in [2.24, 2.45) is 0 Å². The summed E-state index contributed by atoms with van der Waals surface area (Å²) >= 11 is 2.18. The third-order valence-corrected chi connectivity index (χ3v) is 3.60. The maximum atomic E-state index is 11.6. The van der Waals surface area contributed by atoms with Crippen LogP contribution in [0.3, 0.4) is 0 Å². The van der Waals surface area contributed by atoms with Crippen molar-refractivity contribution in [3.63, 3.8) is 0 Å². The van der Waals surface area contributed by atoms with E-state index in [2.05, 4.69) is 33.4 Å². The highest BCUT2D eigenvalue weighted by atomic mass is 127. The number of benzene rings is 2. The molecule has 0 spiro atoms. The molecule has 6 nitrogen and oxygen atoms in total. The Kier molecular flexibility index (Phi) is 6.86. The van der Waals surface area contributed by atoms with Crippen LogP contribution in [-0.2, 0) is 9.59 Å². The van der Waals surface area contributed by atoms with Gasteiger partial charge in [0.15, 0.2) is 13.2 Å². The summed E-state index contributed by atoms with van der Waals surface area (Å²) in [5.41, 5.74) is 5.57. The number of rotatable bonds is 6. The fourth-order valence-corrected chi connectivity index (χ4v) is 2.10. The Morgan fingerprint density at radius 2 is 1.50 bits per heavy atom. The minimum atomic E-state index is -0.461. The lowest BCUT2D eigenvalue weighted by Crippen LogP contribution is -2.45. The van der Waals surface area contributed by atoms with Crippen molar-refractivity contribution in [2.45, 2.75) is 6.92 Å². The van der Waals surface area contributed by atoms with E-state index < -0.39 is 11.8 Å². The highest BCUT2D eigenvalue weighted by Gasteiger charge is 2.06. The van der Waals surface area contributed by atoms with Gasteiger partial charge < -0.3 is 9.47 Å². The van der Waals surface area contributed by atoms with Gasteiger partial charge in [0.25, 0.3) is 11.8 Å². The Bertz CT molecular complexity index is 704. The van der Waals surface area contributed by atoms with E-state index >= 15 is 0 Å². The lowest BCUT2D eigenvalue weighted by molar-refractivity contribution is -0.131. The first-order valence-electron chi connectivity index (χ1n) is 7.18. The van der Waals surface area contributed by atoms with Crippen molar-refractivity contribution in [3.05, 3.63) is 57.7 Å². The van der Waals surface area contributed by atoms with Gasteiger partial charge >= 0.3 is 0 Å². The molecule has 24 heavy (non-hydrogen) atoms. The van der Waals surface area contributed by atoms with Crippen molar-refractivity contribution in [3.8, 4) is 11.5 Å². The second kappa shape index (κ2) is 9.11. The first-order chi connectivity index (χ1) is 11.5. The molecule has 2 aromatic rings. The van der Waals surface area contributed by atoms with E-state index in [1.165, 1.54) is 0 Å². The van der Waals surface area contributed by atoms with Gasteiger partial charge in [-0.25, -0.2) is 0 Å². The molecular formula is C17H17IN2O4. The van der Waals surface area contributed by atoms with Gasteiger partial charge in [0.05, 0.1) is 0 Å². The molecule has 2 amide bonds. The zero-order valence-corrected chi connectivity index (χ0v) is 15.2. The topological polar surface area (TPSA) is 76.7 Å². The molecule has 0 heterocycles. The van der Waals surface area contributed by atoms with Gasteiger partial charge in [0.1, 0.15) is 11.5 Å². The quantitative estimate of drug-likeness (QED) is 0.534. The monoisotopic (exact) mass is 440 g/mol. The Balaban J connectivity index is 1.65. The summed E-state index contributed by atoms with van der Waals surface area (Å²) in [5, 5.41) is 0. The first kappa shape index (κ1) is 18.1. The molecule has 0 fully saturated rings. The van der Waals surface area contributed by atoms with E-state index in [1.807, 2.05) is 37.3 Å². The molecule has 0 unspecified atom stereocenters. The van der Waals surface area contributed by atoms with E-state index in [4.69, 9.17) is 9.47 Å². The van der Waals surface area contributed by atoms with Gasteiger partial charge in [-0.2, -0.15) is 0 Å². The van der Waals surface area contributed by atoms with Gasteiger partial charge in [0, 0.05) is 3.57 Å². The number of carbonyl (C=O) groups excluding carboxylic acids is 2. The van der Waals surface area contributed by atoms with Crippen molar-refractivity contribution in [1.29, 1.82) is 0 Å². The lowest BCUT2D eigenvalue weighted by Gasteiger charge is -2.10. The normalized spacial score (nSPS) is 9.92. The van der Waals surface area contributed by atoms with Crippen molar-refractivity contribution in [2.75, 3.05) is 13.2 Å². The maximum absolute atomic E-state index is 11.6. The fourth-order valence-electron chi connectivity index (χ4n) is 1.75. The molecule has 0 aliphatic carbocycles. The lowest BCUT2D eigenvalue weighted by atomic mass is 10.2. The smallest absolute Gasteiger partial charge is 0.276 e. The van der Waals surface area contributed by atoms with Crippen molar-refractivity contribution in [1.82, 2.24) is 10.9 Å². The zero-order chi connectivity index (χ0) is 17.4. The Morgan fingerprint density at radius 3 is 2.08 bits per heavy atom. The van der Waals surface area contributed by atoms with Crippen LogP contribution in [0.5, 0.6) is 11.5 Å². The van der Waals surface area contributed by atoms with Crippen LogP contribution in [0.4, 0.5) is 0 Å². The average molecular weight is 440 g/mol. The molecule has 0 aliphatic heterocycles. The van der Waals surface area contributed by atoms with Crippen molar-refractivity contribution >= 4 is 34.4 Å². The molecule has 0 atom stereocenters. The Hall–Kier alpha value is -2.29. The van der Waals surface area contributed by atoms with Crippen LogP contribution in [0.25, 0.3) is 0 Å². The predicted molar refractivity (Wildman–Crippen MR) is 97.6 cm³/mol. The third-order valence-electron chi connectivity index (χ3n) is 2.88. The number of hydrazine groups is 1. The van der Waals surface area contributed by atoms with Crippen LogP contribution >= 0.6 is 22.6 Å². The van der Waals surface area contributed by atoms with E-state index in [1.54, 1.807) is 18.2 Å².